The number of hydrogen-bond acceptors (Lipinski definition) is 5. The fraction of sp³-hybridized carbons (Fsp3) is 0.500. The van der Waals surface area contributed by atoms with Crippen LogP contribution in [0.2, 0.25) is 0 Å². The van der Waals surface area contributed by atoms with Crippen LogP contribution in [0, 0.1) is 0 Å². The lowest BCUT2D eigenvalue weighted by Crippen LogP contribution is -2.06. The van der Waals surface area contributed by atoms with Gasteiger partial charge >= 0.3 is 0 Å². The molecule has 1 aromatic carbocycles. The third kappa shape index (κ3) is 3.54. The Morgan fingerprint density at radius 3 is 2.76 bits per heavy atom. The van der Waals surface area contributed by atoms with Crippen LogP contribution < -0.4 is 5.73 Å². The highest BCUT2D eigenvalue weighted by Crippen LogP contribution is 2.25. The highest BCUT2D eigenvalue weighted by Gasteiger charge is 2.17. The highest BCUT2D eigenvalue weighted by molar-refractivity contribution is 7.91. The molecule has 1 aromatic heterocycles. The van der Waals surface area contributed by atoms with E-state index >= 15 is 0 Å². The van der Waals surface area contributed by atoms with Gasteiger partial charge in [-0.05, 0) is 25.0 Å². The summed E-state index contributed by atoms with van der Waals surface area (Å²) in [6.07, 6.45) is 2.97. The number of imidazole rings is 1. The van der Waals surface area contributed by atoms with Crippen molar-refractivity contribution in [3.63, 3.8) is 0 Å². The van der Waals surface area contributed by atoms with E-state index in [0.29, 0.717) is 24.6 Å². The molecule has 0 fully saturated rings. The van der Waals surface area contributed by atoms with Gasteiger partial charge in [0.1, 0.15) is 5.52 Å². The van der Waals surface area contributed by atoms with Gasteiger partial charge in [-0.2, -0.15) is 0 Å². The van der Waals surface area contributed by atoms with Gasteiger partial charge in [0.2, 0.25) is 5.95 Å². The summed E-state index contributed by atoms with van der Waals surface area (Å²) in [5.41, 5.74) is 7.10. The Balaban J connectivity index is 2.27. The predicted molar refractivity (Wildman–Crippen MR) is 83.0 cm³/mol. The molecule has 0 aliphatic carbocycles. The lowest BCUT2D eigenvalue weighted by molar-refractivity contribution is 0.129. The van der Waals surface area contributed by atoms with E-state index < -0.39 is 9.84 Å². The molecule has 2 aromatic rings. The predicted octanol–water partition coefficient (Wildman–Crippen LogP) is 1.84. The third-order valence-corrected chi connectivity index (χ3v) is 4.32. The van der Waals surface area contributed by atoms with Gasteiger partial charge in [0.25, 0.3) is 0 Å². The molecule has 2 N–H and O–H groups in total. The third-order valence-electron chi connectivity index (χ3n) is 3.19. The van der Waals surface area contributed by atoms with Crippen molar-refractivity contribution < 1.29 is 13.2 Å². The number of para-hydroxylation sites is 1. The van der Waals surface area contributed by atoms with Crippen molar-refractivity contribution in [3.8, 4) is 0 Å². The Hall–Kier alpha value is -1.60. The number of nitrogens with zero attached hydrogens (tertiary/aromatic N) is 2. The van der Waals surface area contributed by atoms with Crippen LogP contribution in [0.4, 0.5) is 5.95 Å². The largest absolute Gasteiger partial charge is 0.381 e. The molecule has 0 spiro atoms. The molecule has 0 saturated carbocycles. The molecular formula is C14H21N3O3S. The maximum atomic E-state index is 11.8. The second-order valence-corrected chi connectivity index (χ2v) is 6.97. The quantitative estimate of drug-likeness (QED) is 0.788. The monoisotopic (exact) mass is 311 g/mol. The Bertz CT molecular complexity index is 722. The van der Waals surface area contributed by atoms with Gasteiger partial charge in [-0.3, -0.25) is 0 Å². The molecule has 0 amide bonds. The number of ether oxygens (including phenoxy) is 1. The maximum Gasteiger partial charge on any atom is 0.201 e. The molecule has 0 aliphatic heterocycles. The molecule has 7 heteroatoms. The van der Waals surface area contributed by atoms with E-state index in [9.17, 15) is 8.42 Å². The molecule has 116 valence electrons. The van der Waals surface area contributed by atoms with Crippen LogP contribution in [0.1, 0.15) is 19.8 Å². The highest BCUT2D eigenvalue weighted by atomic mass is 32.2. The first-order valence-corrected chi connectivity index (χ1v) is 8.86. The van der Waals surface area contributed by atoms with Gasteiger partial charge in [-0.15, -0.1) is 0 Å². The van der Waals surface area contributed by atoms with E-state index in [1.54, 1.807) is 12.1 Å². The zero-order chi connectivity index (χ0) is 15.5. The van der Waals surface area contributed by atoms with E-state index in [1.807, 2.05) is 10.6 Å². The number of aromatic nitrogens is 2. The zero-order valence-corrected chi connectivity index (χ0v) is 13.2. The van der Waals surface area contributed by atoms with Gasteiger partial charge in [0, 0.05) is 26.0 Å². The van der Waals surface area contributed by atoms with Crippen LogP contribution in [0.25, 0.3) is 11.0 Å². The summed E-state index contributed by atoms with van der Waals surface area (Å²) in [5.74, 6) is 0.330. The molecule has 0 saturated heterocycles. The first kappa shape index (κ1) is 15.8. The fourth-order valence-corrected chi connectivity index (χ4v) is 3.07. The molecule has 0 radical (unpaired) electrons. The number of hydrogen-bond donors (Lipinski definition) is 1. The van der Waals surface area contributed by atoms with Crippen molar-refractivity contribution in [1.82, 2.24) is 9.55 Å². The van der Waals surface area contributed by atoms with Crippen molar-refractivity contribution in [2.24, 2.45) is 0 Å². The lowest BCUT2D eigenvalue weighted by Gasteiger charge is -2.07. The molecule has 0 atom stereocenters. The van der Waals surface area contributed by atoms with E-state index in [0.717, 1.165) is 25.0 Å². The number of benzene rings is 1. The van der Waals surface area contributed by atoms with Crippen LogP contribution in [0.5, 0.6) is 0 Å². The first-order chi connectivity index (χ1) is 9.95. The number of nitrogen functional groups attached to an aromatic ring is 1. The standard InChI is InChI=1S/C14H21N3O3S/c1-3-9-20-10-5-8-17-11-6-4-7-12(21(2,18)19)13(11)16-14(17)15/h4,6-7H,3,5,8-10H2,1-2H3,(H2,15,16). The summed E-state index contributed by atoms with van der Waals surface area (Å²) in [5, 5.41) is 0. The van der Waals surface area contributed by atoms with Gasteiger partial charge in [-0.25, -0.2) is 13.4 Å². The average molecular weight is 311 g/mol. The molecule has 0 unspecified atom stereocenters. The maximum absolute atomic E-state index is 11.8. The Morgan fingerprint density at radius 2 is 2.10 bits per heavy atom. The van der Waals surface area contributed by atoms with Crippen molar-refractivity contribution in [2.45, 2.75) is 31.2 Å². The minimum Gasteiger partial charge on any atom is -0.381 e. The number of sulfone groups is 1. The van der Waals surface area contributed by atoms with Gasteiger partial charge in [0.15, 0.2) is 9.84 Å². The smallest absolute Gasteiger partial charge is 0.201 e. The number of fused-ring (bicyclic) bond motifs is 1. The molecule has 6 nitrogen and oxygen atoms in total. The summed E-state index contributed by atoms with van der Waals surface area (Å²) in [6, 6.07) is 5.10. The van der Waals surface area contributed by atoms with Crippen LogP contribution in [-0.4, -0.2) is 37.4 Å². The fourth-order valence-electron chi connectivity index (χ4n) is 2.24. The molecule has 0 aliphatic rings. The van der Waals surface area contributed by atoms with Gasteiger partial charge in [-0.1, -0.05) is 13.0 Å². The second-order valence-electron chi connectivity index (χ2n) is 4.98. The molecule has 1 heterocycles. The topological polar surface area (TPSA) is 87.2 Å². The molecule has 0 bridgehead atoms. The number of rotatable bonds is 7. The minimum atomic E-state index is -3.32. The van der Waals surface area contributed by atoms with E-state index in [-0.39, 0.29) is 4.90 Å². The number of anilines is 1. The van der Waals surface area contributed by atoms with Crippen LogP contribution >= 0.6 is 0 Å². The first-order valence-electron chi connectivity index (χ1n) is 6.97. The van der Waals surface area contributed by atoms with Crippen LogP contribution in [0.15, 0.2) is 23.1 Å². The average Bonchev–Trinajstić information content (AvgIpc) is 2.73. The minimum absolute atomic E-state index is 0.215. The Kier molecular flexibility index (Phi) is 4.84. The van der Waals surface area contributed by atoms with E-state index in [4.69, 9.17) is 10.5 Å². The molecule has 21 heavy (non-hydrogen) atoms. The van der Waals surface area contributed by atoms with Gasteiger partial charge in [0.05, 0.1) is 10.4 Å². The van der Waals surface area contributed by atoms with Crippen molar-refractivity contribution >= 4 is 26.8 Å². The van der Waals surface area contributed by atoms with Crippen LogP contribution in [-0.2, 0) is 21.1 Å². The van der Waals surface area contributed by atoms with Crippen LogP contribution in [0.3, 0.4) is 0 Å². The Labute approximate surface area is 124 Å². The summed E-state index contributed by atoms with van der Waals surface area (Å²) >= 11 is 0. The second kappa shape index (κ2) is 6.44. The number of aryl methyl sites for hydroxylation is 1. The SMILES string of the molecule is CCCOCCCn1c(N)nc2c(S(C)(=O)=O)cccc21. The van der Waals surface area contributed by atoms with Crippen molar-refractivity contribution in [2.75, 3.05) is 25.2 Å². The normalized spacial score (nSPS) is 12.1. The molecular weight excluding hydrogens is 290 g/mol. The lowest BCUT2D eigenvalue weighted by atomic mass is 10.3. The summed E-state index contributed by atoms with van der Waals surface area (Å²) in [4.78, 5) is 4.43. The zero-order valence-electron chi connectivity index (χ0n) is 12.4. The molecule has 2 rings (SSSR count). The van der Waals surface area contributed by atoms with Crippen molar-refractivity contribution in [1.29, 1.82) is 0 Å². The van der Waals surface area contributed by atoms with Gasteiger partial charge < -0.3 is 15.0 Å². The summed E-state index contributed by atoms with van der Waals surface area (Å²) < 4.78 is 30.9. The van der Waals surface area contributed by atoms with Crippen molar-refractivity contribution in [3.05, 3.63) is 18.2 Å². The Morgan fingerprint density at radius 1 is 1.33 bits per heavy atom. The van der Waals surface area contributed by atoms with E-state index in [2.05, 4.69) is 11.9 Å². The number of nitrogens with two attached hydrogens (primary N) is 1. The summed E-state index contributed by atoms with van der Waals surface area (Å²) in [6.45, 7) is 4.12. The summed E-state index contributed by atoms with van der Waals surface area (Å²) in [7, 11) is -3.32. The van der Waals surface area contributed by atoms with E-state index in [1.165, 1.54) is 6.26 Å².